The highest BCUT2D eigenvalue weighted by atomic mass is 16.6. The van der Waals surface area contributed by atoms with Crippen LogP contribution in [0.3, 0.4) is 0 Å². The second-order valence-corrected chi connectivity index (χ2v) is 4.53. The first kappa shape index (κ1) is 13.0. The molecule has 0 fully saturated rings. The van der Waals surface area contributed by atoms with Gasteiger partial charge in [0, 0.05) is 12.5 Å². The number of aromatic amines is 1. The summed E-state index contributed by atoms with van der Waals surface area (Å²) < 4.78 is 5.11. The van der Waals surface area contributed by atoms with Crippen molar-refractivity contribution < 1.29 is 9.66 Å². The van der Waals surface area contributed by atoms with Gasteiger partial charge in [0.25, 0.3) is 5.69 Å². The van der Waals surface area contributed by atoms with Crippen molar-refractivity contribution in [2.75, 3.05) is 7.11 Å². The molecular weight excluding hydrogens is 272 g/mol. The fraction of sp³-hybridized carbons (Fsp3) is 0.143. The Kier molecular flexibility index (Phi) is 3.23. The fourth-order valence-corrected chi connectivity index (χ4v) is 2.06. The van der Waals surface area contributed by atoms with Gasteiger partial charge in [-0.25, -0.2) is 9.97 Å². The molecule has 2 aromatic heterocycles. The van der Waals surface area contributed by atoms with Crippen LogP contribution in [0, 0.1) is 10.1 Å². The number of benzene rings is 1. The smallest absolute Gasteiger partial charge is 0.289 e. The molecule has 106 valence electrons. The molecule has 0 bridgehead atoms. The van der Waals surface area contributed by atoms with E-state index in [2.05, 4.69) is 15.0 Å². The number of nitrogens with zero attached hydrogens (tertiary/aromatic N) is 3. The highest BCUT2D eigenvalue weighted by molar-refractivity contribution is 5.73. The van der Waals surface area contributed by atoms with Gasteiger partial charge in [-0.15, -0.1) is 0 Å². The highest BCUT2D eigenvalue weighted by Crippen LogP contribution is 2.18. The van der Waals surface area contributed by atoms with Gasteiger partial charge >= 0.3 is 0 Å². The lowest BCUT2D eigenvalue weighted by Crippen LogP contribution is -1.91. The van der Waals surface area contributed by atoms with E-state index in [0.717, 1.165) is 11.3 Å². The molecule has 1 aromatic carbocycles. The Morgan fingerprint density at radius 3 is 2.76 bits per heavy atom. The van der Waals surface area contributed by atoms with E-state index in [1.807, 2.05) is 24.3 Å². The summed E-state index contributed by atoms with van der Waals surface area (Å²) in [4.78, 5) is 21.6. The molecule has 0 spiro atoms. The van der Waals surface area contributed by atoms with Crippen LogP contribution in [0.2, 0.25) is 0 Å². The summed E-state index contributed by atoms with van der Waals surface area (Å²) in [5, 5.41) is 10.7. The van der Waals surface area contributed by atoms with Crippen molar-refractivity contribution in [3.8, 4) is 5.75 Å². The Bertz CT molecular complexity index is 796. The summed E-state index contributed by atoms with van der Waals surface area (Å²) in [6.45, 7) is 0. The summed E-state index contributed by atoms with van der Waals surface area (Å²) in [5.41, 5.74) is 2.04. The maximum absolute atomic E-state index is 10.7. The zero-order valence-corrected chi connectivity index (χ0v) is 11.2. The fourth-order valence-electron chi connectivity index (χ4n) is 2.06. The van der Waals surface area contributed by atoms with Crippen molar-refractivity contribution in [2.45, 2.75) is 6.42 Å². The molecule has 3 aromatic rings. The second-order valence-electron chi connectivity index (χ2n) is 4.53. The third-order valence-electron chi connectivity index (χ3n) is 3.11. The lowest BCUT2D eigenvalue weighted by molar-refractivity contribution is -0.385. The van der Waals surface area contributed by atoms with Crippen molar-refractivity contribution in [3.05, 3.63) is 58.0 Å². The summed E-state index contributed by atoms with van der Waals surface area (Å²) >= 11 is 0. The molecule has 0 amide bonds. The number of nitro groups is 1. The van der Waals surface area contributed by atoms with Crippen LogP contribution in [-0.4, -0.2) is 27.0 Å². The SMILES string of the molecule is COc1ccc(Cc2nc3ncc([N+](=O)[O-])cc3[nH]2)cc1. The molecule has 0 radical (unpaired) electrons. The third kappa shape index (κ3) is 2.66. The van der Waals surface area contributed by atoms with Crippen molar-refractivity contribution in [1.29, 1.82) is 0 Å². The molecule has 2 heterocycles. The first-order valence-corrected chi connectivity index (χ1v) is 6.27. The van der Waals surface area contributed by atoms with Gasteiger partial charge in [-0.05, 0) is 17.7 Å². The summed E-state index contributed by atoms with van der Waals surface area (Å²) in [5.74, 6) is 1.50. The van der Waals surface area contributed by atoms with Crippen LogP contribution in [0.5, 0.6) is 5.75 Å². The first-order valence-electron chi connectivity index (χ1n) is 6.27. The average Bonchev–Trinajstić information content (AvgIpc) is 2.89. The van der Waals surface area contributed by atoms with Crippen LogP contribution in [-0.2, 0) is 6.42 Å². The lowest BCUT2D eigenvalue weighted by atomic mass is 10.1. The first-order chi connectivity index (χ1) is 10.2. The molecule has 0 aliphatic carbocycles. The van der Waals surface area contributed by atoms with Crippen molar-refractivity contribution >= 4 is 16.9 Å². The number of H-pyrrole nitrogens is 1. The van der Waals surface area contributed by atoms with Crippen LogP contribution in [0.1, 0.15) is 11.4 Å². The van der Waals surface area contributed by atoms with Crippen molar-refractivity contribution in [3.63, 3.8) is 0 Å². The molecule has 1 N–H and O–H groups in total. The van der Waals surface area contributed by atoms with Gasteiger partial charge in [0.15, 0.2) is 5.65 Å². The minimum absolute atomic E-state index is 0.0536. The number of methoxy groups -OCH3 is 1. The Morgan fingerprint density at radius 1 is 1.33 bits per heavy atom. The highest BCUT2D eigenvalue weighted by Gasteiger charge is 2.11. The van der Waals surface area contributed by atoms with E-state index in [1.54, 1.807) is 7.11 Å². The zero-order chi connectivity index (χ0) is 14.8. The number of fused-ring (bicyclic) bond motifs is 1. The van der Waals surface area contributed by atoms with Gasteiger partial charge in [-0.2, -0.15) is 0 Å². The topological polar surface area (TPSA) is 93.9 Å². The molecular formula is C14H12N4O3. The maximum atomic E-state index is 10.7. The van der Waals surface area contributed by atoms with E-state index in [-0.39, 0.29) is 5.69 Å². The lowest BCUT2D eigenvalue weighted by Gasteiger charge is -2.01. The van der Waals surface area contributed by atoms with E-state index in [9.17, 15) is 10.1 Å². The Balaban J connectivity index is 1.88. The number of aromatic nitrogens is 3. The van der Waals surface area contributed by atoms with E-state index >= 15 is 0 Å². The number of ether oxygens (including phenoxy) is 1. The number of nitrogens with one attached hydrogen (secondary N) is 1. The largest absolute Gasteiger partial charge is 0.497 e. The minimum Gasteiger partial charge on any atom is -0.497 e. The minimum atomic E-state index is -0.476. The zero-order valence-electron chi connectivity index (χ0n) is 11.2. The Morgan fingerprint density at radius 2 is 2.10 bits per heavy atom. The van der Waals surface area contributed by atoms with Crippen LogP contribution in [0.4, 0.5) is 5.69 Å². The Hall–Kier alpha value is -2.96. The maximum Gasteiger partial charge on any atom is 0.289 e. The number of hydrogen-bond donors (Lipinski definition) is 1. The molecule has 0 aliphatic rings. The van der Waals surface area contributed by atoms with E-state index < -0.39 is 4.92 Å². The number of imidazole rings is 1. The second kappa shape index (κ2) is 5.20. The molecule has 7 nitrogen and oxygen atoms in total. The average molecular weight is 284 g/mol. The van der Waals surface area contributed by atoms with Gasteiger partial charge in [0.05, 0.1) is 17.5 Å². The number of rotatable bonds is 4. The van der Waals surface area contributed by atoms with Gasteiger partial charge in [-0.1, -0.05) is 12.1 Å². The number of hydrogen-bond acceptors (Lipinski definition) is 5. The summed E-state index contributed by atoms with van der Waals surface area (Å²) in [7, 11) is 1.62. The van der Waals surface area contributed by atoms with Gasteiger partial charge in [0.1, 0.15) is 17.8 Å². The third-order valence-corrected chi connectivity index (χ3v) is 3.11. The molecule has 7 heteroatoms. The van der Waals surface area contributed by atoms with Crippen LogP contribution >= 0.6 is 0 Å². The molecule has 21 heavy (non-hydrogen) atoms. The summed E-state index contributed by atoms with van der Waals surface area (Å²) in [6, 6.07) is 9.08. The van der Waals surface area contributed by atoms with Gasteiger partial charge < -0.3 is 9.72 Å². The monoisotopic (exact) mass is 284 g/mol. The van der Waals surface area contributed by atoms with Crippen LogP contribution in [0.15, 0.2) is 36.5 Å². The van der Waals surface area contributed by atoms with Crippen molar-refractivity contribution in [1.82, 2.24) is 15.0 Å². The molecule has 3 rings (SSSR count). The van der Waals surface area contributed by atoms with Crippen molar-refractivity contribution in [2.24, 2.45) is 0 Å². The predicted molar refractivity (Wildman–Crippen MR) is 76.3 cm³/mol. The quantitative estimate of drug-likeness (QED) is 0.586. The van der Waals surface area contributed by atoms with E-state index in [1.165, 1.54) is 12.3 Å². The van der Waals surface area contributed by atoms with Gasteiger partial charge in [0.2, 0.25) is 0 Å². The molecule has 0 saturated carbocycles. The van der Waals surface area contributed by atoms with E-state index in [4.69, 9.17) is 4.74 Å². The van der Waals surface area contributed by atoms with Crippen LogP contribution < -0.4 is 4.74 Å². The molecule has 0 atom stereocenters. The standard InChI is InChI=1S/C14H12N4O3/c1-21-11-4-2-9(3-5-11)6-13-16-12-7-10(18(19)20)8-15-14(12)17-13/h2-5,7-8H,6H2,1H3,(H,15,16,17). The van der Waals surface area contributed by atoms with E-state index in [0.29, 0.717) is 23.4 Å². The molecule has 0 aliphatic heterocycles. The molecule has 0 unspecified atom stereocenters. The molecule has 0 saturated heterocycles. The normalized spacial score (nSPS) is 10.7. The van der Waals surface area contributed by atoms with Gasteiger partial charge in [-0.3, -0.25) is 10.1 Å². The number of pyridine rings is 1. The Labute approximate surface area is 119 Å². The summed E-state index contributed by atoms with van der Waals surface area (Å²) in [6.07, 6.45) is 1.80. The predicted octanol–water partition coefficient (Wildman–Crippen LogP) is 2.47. The van der Waals surface area contributed by atoms with Crippen LogP contribution in [0.25, 0.3) is 11.2 Å².